The van der Waals surface area contributed by atoms with E-state index in [2.05, 4.69) is 20.1 Å². The number of hydrogen-bond acceptors (Lipinski definition) is 13. The Balaban J connectivity index is 1.60. The number of ether oxygens (including phenoxy) is 7. The Bertz CT molecular complexity index is 2150. The second-order valence-electron chi connectivity index (χ2n) is 17.0. The average molecular weight is 915 g/mol. The monoisotopic (exact) mass is 914 g/mol. The highest BCUT2D eigenvalue weighted by Crippen LogP contribution is 2.40. The van der Waals surface area contributed by atoms with E-state index in [9.17, 15) is 28.8 Å². The summed E-state index contributed by atoms with van der Waals surface area (Å²) < 4.78 is 53.7. The summed E-state index contributed by atoms with van der Waals surface area (Å²) in [5, 5.41) is 0. The Hall–Kier alpha value is -5.99. The molecule has 0 aromatic heterocycles. The maximum Gasteiger partial charge on any atom is 0.374 e. The normalized spacial score (nSPS) is 14.7. The van der Waals surface area contributed by atoms with Crippen molar-refractivity contribution in [3.8, 4) is 33.8 Å². The zero-order valence-corrected chi connectivity index (χ0v) is 38.8. The van der Waals surface area contributed by atoms with Crippen molar-refractivity contribution in [3.63, 3.8) is 0 Å². The number of rotatable bonds is 27. The average Bonchev–Trinajstić information content (AvgIpc) is 3.31. The Kier molecular flexibility index (Phi) is 20.9. The molecule has 3 aromatic carbocycles. The second-order valence-corrected chi connectivity index (χ2v) is 17.0. The van der Waals surface area contributed by atoms with E-state index in [-0.39, 0.29) is 54.5 Å². The number of methoxy groups -OCH3 is 2. The Labute approximate surface area is 386 Å². The summed E-state index contributed by atoms with van der Waals surface area (Å²) in [5.74, 6) is -4.58. The SMILES string of the molecule is C=C(C)C(=O)OCC(COC(=O)C(=O)CCOC)(COC(=O)C(=O)CCOC)COc1ccc(-c2ccc(-c3ccc(C4CCC(CCCCC)CC4)cc3F)cc2OC(=O)C(=C)C)cc1. The number of Topliss-reactive ketones (excluding diaryl/α,β-unsaturated/α-hetero) is 2. The standard InChI is InChI=1S/C52H63FO13/c1-8-9-10-11-36-12-14-37(15-13-36)39-18-22-42(44(53)28-39)40-19-23-43(47(29-40)66-49(57)35(4)5)38-16-20-41(21-17-38)62-30-52(31-63-48(56)34(2)3,32-64-50(58)45(54)24-26-60-6)33-65-51(59)46(55)25-27-61-7/h16-23,28-29,36-37H,2,4,8-15,24-27,30-33H2,1,3,5-7H3. The minimum Gasteiger partial charge on any atom is -0.493 e. The van der Waals surface area contributed by atoms with Crippen molar-refractivity contribution in [3.05, 3.63) is 96.3 Å². The number of carbonyl (C=O) groups excluding carboxylic acids is 6. The Morgan fingerprint density at radius 3 is 1.73 bits per heavy atom. The van der Waals surface area contributed by atoms with Crippen LogP contribution in [-0.2, 0) is 52.5 Å². The van der Waals surface area contributed by atoms with Crippen LogP contribution in [0.25, 0.3) is 22.3 Å². The largest absolute Gasteiger partial charge is 0.493 e. The van der Waals surface area contributed by atoms with E-state index < -0.39 is 67.3 Å². The maximum absolute atomic E-state index is 15.9. The van der Waals surface area contributed by atoms with Gasteiger partial charge in [0.05, 0.1) is 13.2 Å². The van der Waals surface area contributed by atoms with Gasteiger partial charge in [-0.3, -0.25) is 9.59 Å². The molecule has 0 amide bonds. The molecule has 0 aliphatic heterocycles. The van der Waals surface area contributed by atoms with E-state index in [0.717, 1.165) is 37.2 Å². The lowest BCUT2D eigenvalue weighted by Gasteiger charge is -2.31. The van der Waals surface area contributed by atoms with Gasteiger partial charge in [0, 0.05) is 49.3 Å². The maximum atomic E-state index is 15.9. The number of ketones is 2. The van der Waals surface area contributed by atoms with Crippen molar-refractivity contribution >= 4 is 35.4 Å². The molecule has 0 atom stereocenters. The van der Waals surface area contributed by atoms with Gasteiger partial charge in [-0.25, -0.2) is 23.6 Å². The predicted octanol–water partition coefficient (Wildman–Crippen LogP) is 9.28. The molecule has 1 fully saturated rings. The number of unbranched alkanes of at least 4 members (excludes halogenated alkanes) is 2. The summed E-state index contributed by atoms with van der Waals surface area (Å²) in [6, 6.07) is 17.0. The number of benzene rings is 3. The molecule has 0 N–H and O–H groups in total. The quantitative estimate of drug-likeness (QED) is 0.0177. The first kappa shape index (κ1) is 52.6. The third kappa shape index (κ3) is 15.9. The summed E-state index contributed by atoms with van der Waals surface area (Å²) >= 11 is 0. The summed E-state index contributed by atoms with van der Waals surface area (Å²) in [6.45, 7) is 10.1. The summed E-state index contributed by atoms with van der Waals surface area (Å²) in [4.78, 5) is 75.7. The van der Waals surface area contributed by atoms with Crippen LogP contribution < -0.4 is 9.47 Å². The number of carbonyl (C=O) groups is 6. The first-order valence-electron chi connectivity index (χ1n) is 22.3. The van der Waals surface area contributed by atoms with Crippen molar-refractivity contribution < 1.29 is 66.3 Å². The first-order valence-corrected chi connectivity index (χ1v) is 22.3. The smallest absolute Gasteiger partial charge is 0.374 e. The summed E-state index contributed by atoms with van der Waals surface area (Å²) in [5.41, 5.74) is 1.53. The molecule has 66 heavy (non-hydrogen) atoms. The molecule has 1 aliphatic rings. The van der Waals surface area contributed by atoms with Crippen LogP contribution in [-0.4, -0.2) is 89.3 Å². The van der Waals surface area contributed by atoms with Gasteiger partial charge >= 0.3 is 23.9 Å². The molecule has 1 saturated carbocycles. The molecule has 356 valence electrons. The third-order valence-electron chi connectivity index (χ3n) is 11.5. The molecule has 0 spiro atoms. The van der Waals surface area contributed by atoms with Gasteiger partial charge in [0.2, 0.25) is 11.6 Å². The zero-order valence-electron chi connectivity index (χ0n) is 38.8. The Morgan fingerprint density at radius 1 is 0.652 bits per heavy atom. The molecule has 3 aromatic rings. The van der Waals surface area contributed by atoms with E-state index in [0.29, 0.717) is 28.2 Å². The van der Waals surface area contributed by atoms with Crippen LogP contribution in [0.1, 0.15) is 96.5 Å². The number of esters is 4. The molecule has 4 rings (SSSR count). The first-order chi connectivity index (χ1) is 31.6. The minimum absolute atomic E-state index is 0.0377. The lowest BCUT2D eigenvalue weighted by Crippen LogP contribution is -2.45. The van der Waals surface area contributed by atoms with Crippen LogP contribution >= 0.6 is 0 Å². The van der Waals surface area contributed by atoms with Crippen LogP contribution in [0, 0.1) is 17.2 Å². The van der Waals surface area contributed by atoms with Crippen LogP contribution in [0.5, 0.6) is 11.5 Å². The predicted molar refractivity (Wildman–Crippen MR) is 245 cm³/mol. The van der Waals surface area contributed by atoms with Gasteiger partial charge in [0.1, 0.15) is 49.2 Å². The minimum atomic E-state index is -1.64. The fraction of sp³-hybridized carbons (Fsp3) is 0.462. The fourth-order valence-electron chi connectivity index (χ4n) is 7.44. The van der Waals surface area contributed by atoms with Crippen molar-refractivity contribution in [2.45, 2.75) is 90.9 Å². The van der Waals surface area contributed by atoms with E-state index in [4.69, 9.17) is 33.2 Å². The van der Waals surface area contributed by atoms with Gasteiger partial charge in [0.25, 0.3) is 0 Å². The van der Waals surface area contributed by atoms with E-state index in [1.54, 1.807) is 54.6 Å². The van der Waals surface area contributed by atoms with E-state index >= 15 is 4.39 Å². The molecule has 14 heteroatoms. The highest BCUT2D eigenvalue weighted by molar-refractivity contribution is 6.34. The number of hydrogen-bond donors (Lipinski definition) is 0. The molecule has 0 heterocycles. The Morgan fingerprint density at radius 2 is 1.20 bits per heavy atom. The lowest BCUT2D eigenvalue weighted by molar-refractivity contribution is -0.169. The lowest BCUT2D eigenvalue weighted by atomic mass is 9.77. The molecule has 0 saturated heterocycles. The summed E-state index contributed by atoms with van der Waals surface area (Å²) in [6.07, 6.45) is 8.88. The molecular weight excluding hydrogens is 852 g/mol. The van der Waals surface area contributed by atoms with Gasteiger partial charge in [0.15, 0.2) is 0 Å². The van der Waals surface area contributed by atoms with Gasteiger partial charge in [-0.15, -0.1) is 0 Å². The summed E-state index contributed by atoms with van der Waals surface area (Å²) in [7, 11) is 2.72. The van der Waals surface area contributed by atoms with E-state index in [1.807, 2.05) is 6.07 Å². The van der Waals surface area contributed by atoms with Gasteiger partial charge in [-0.1, -0.05) is 82.2 Å². The topological polar surface area (TPSA) is 167 Å². The van der Waals surface area contributed by atoms with Crippen LogP contribution in [0.2, 0.25) is 0 Å². The molecule has 0 radical (unpaired) electrons. The van der Waals surface area contributed by atoms with Crippen molar-refractivity contribution in [1.29, 1.82) is 0 Å². The second kappa shape index (κ2) is 26.2. The molecule has 13 nitrogen and oxygen atoms in total. The van der Waals surface area contributed by atoms with Crippen LogP contribution in [0.15, 0.2) is 85.0 Å². The van der Waals surface area contributed by atoms with E-state index in [1.165, 1.54) is 53.8 Å². The molecule has 0 bridgehead atoms. The highest BCUT2D eigenvalue weighted by atomic mass is 19.1. The highest BCUT2D eigenvalue weighted by Gasteiger charge is 2.39. The van der Waals surface area contributed by atoms with Crippen molar-refractivity contribution in [2.75, 3.05) is 53.9 Å². The zero-order chi connectivity index (χ0) is 48.2. The van der Waals surface area contributed by atoms with Gasteiger partial charge in [-0.2, -0.15) is 0 Å². The van der Waals surface area contributed by atoms with Gasteiger partial charge in [-0.05, 0) is 92.3 Å². The van der Waals surface area contributed by atoms with Crippen LogP contribution in [0.3, 0.4) is 0 Å². The third-order valence-corrected chi connectivity index (χ3v) is 11.5. The fourth-order valence-corrected chi connectivity index (χ4v) is 7.44. The molecule has 0 unspecified atom stereocenters. The molecular formula is C52H63FO13. The van der Waals surface area contributed by atoms with Crippen molar-refractivity contribution in [2.24, 2.45) is 11.3 Å². The van der Waals surface area contributed by atoms with Crippen LogP contribution in [0.4, 0.5) is 4.39 Å². The van der Waals surface area contributed by atoms with Gasteiger partial charge < -0.3 is 33.2 Å². The molecule has 1 aliphatic carbocycles. The number of halogens is 1. The van der Waals surface area contributed by atoms with Crippen molar-refractivity contribution in [1.82, 2.24) is 0 Å².